The number of hydrogen-bond acceptors (Lipinski definition) is 4. The van der Waals surface area contributed by atoms with Crippen LogP contribution in [0.15, 0.2) is 24.3 Å². The van der Waals surface area contributed by atoms with Crippen molar-refractivity contribution >= 4 is 42.3 Å². The first-order valence-electron chi connectivity index (χ1n) is 10.6. The largest absolute Gasteiger partial charge is 0.340 e. The summed E-state index contributed by atoms with van der Waals surface area (Å²) in [6, 6.07) is 7.69. The molecule has 8 heteroatoms. The Labute approximate surface area is 193 Å². The van der Waals surface area contributed by atoms with Crippen LogP contribution in [0.4, 0.5) is 5.69 Å². The van der Waals surface area contributed by atoms with Crippen LogP contribution >= 0.6 is 24.8 Å². The highest BCUT2D eigenvalue weighted by molar-refractivity contribution is 5.91. The van der Waals surface area contributed by atoms with E-state index in [1.165, 1.54) is 0 Å². The van der Waals surface area contributed by atoms with Crippen molar-refractivity contribution in [2.45, 2.75) is 32.6 Å². The number of amides is 2. The number of benzene rings is 1. The van der Waals surface area contributed by atoms with Crippen molar-refractivity contribution in [1.82, 2.24) is 15.1 Å². The number of likely N-dealkylation sites (N-methyl/N-ethyl adjacent to an activating group) is 1. The number of halogens is 2. The lowest BCUT2D eigenvalue weighted by Crippen LogP contribution is -2.47. The molecule has 2 N–H and O–H groups in total. The van der Waals surface area contributed by atoms with Gasteiger partial charge in [-0.05, 0) is 62.5 Å². The van der Waals surface area contributed by atoms with E-state index in [0.29, 0.717) is 24.7 Å². The van der Waals surface area contributed by atoms with Gasteiger partial charge in [0.05, 0.1) is 6.42 Å². The molecule has 2 aliphatic heterocycles. The molecule has 0 aromatic heterocycles. The molecule has 0 spiro atoms. The monoisotopic (exact) mass is 458 g/mol. The molecule has 0 bridgehead atoms. The summed E-state index contributed by atoms with van der Waals surface area (Å²) in [5, 5.41) is 6.38. The first kappa shape index (κ1) is 26.7. The van der Waals surface area contributed by atoms with Gasteiger partial charge in [-0.1, -0.05) is 19.1 Å². The number of nitrogens with one attached hydrogen (secondary N) is 2. The highest BCUT2D eigenvalue weighted by Gasteiger charge is 2.22. The van der Waals surface area contributed by atoms with Crippen molar-refractivity contribution in [3.05, 3.63) is 29.8 Å². The van der Waals surface area contributed by atoms with E-state index in [4.69, 9.17) is 0 Å². The normalized spacial score (nSPS) is 18.7. The number of piperazine rings is 1. The number of anilines is 1. The van der Waals surface area contributed by atoms with Crippen LogP contribution < -0.4 is 10.6 Å². The summed E-state index contributed by atoms with van der Waals surface area (Å²) >= 11 is 0. The third kappa shape index (κ3) is 8.06. The fraction of sp³-hybridized carbons (Fsp3) is 0.636. The van der Waals surface area contributed by atoms with Gasteiger partial charge in [0, 0.05) is 38.3 Å². The molecule has 2 amide bonds. The summed E-state index contributed by atoms with van der Waals surface area (Å²) < 4.78 is 0. The predicted molar refractivity (Wildman–Crippen MR) is 127 cm³/mol. The van der Waals surface area contributed by atoms with Gasteiger partial charge in [-0.15, -0.1) is 24.8 Å². The minimum Gasteiger partial charge on any atom is -0.340 e. The van der Waals surface area contributed by atoms with E-state index in [1.807, 2.05) is 29.2 Å². The van der Waals surface area contributed by atoms with Crippen molar-refractivity contribution in [2.75, 3.05) is 51.6 Å². The molecule has 2 aliphatic rings. The Kier molecular flexibility index (Phi) is 11.7. The topological polar surface area (TPSA) is 64.7 Å². The van der Waals surface area contributed by atoms with Crippen LogP contribution in [0.5, 0.6) is 0 Å². The average Bonchev–Trinajstić information content (AvgIpc) is 2.70. The molecule has 170 valence electrons. The minimum atomic E-state index is 0. The molecule has 1 atom stereocenters. The van der Waals surface area contributed by atoms with Gasteiger partial charge in [0.15, 0.2) is 0 Å². The van der Waals surface area contributed by atoms with Crippen LogP contribution in [0.1, 0.15) is 31.7 Å². The molecule has 2 fully saturated rings. The molecule has 1 aromatic carbocycles. The van der Waals surface area contributed by atoms with Gasteiger partial charge in [0.2, 0.25) is 11.8 Å². The number of carbonyl (C=O) groups is 2. The SMILES string of the molecule is CC(CC(=O)Nc1ccc(CC(=O)N2CCN(C)CC2)cc1)C1CCNCC1.Cl.Cl. The predicted octanol–water partition coefficient (Wildman–Crippen LogP) is 2.81. The van der Waals surface area contributed by atoms with Gasteiger partial charge in [-0.2, -0.15) is 0 Å². The van der Waals surface area contributed by atoms with Gasteiger partial charge in [0.25, 0.3) is 0 Å². The Balaban J connectivity index is 0.00000225. The summed E-state index contributed by atoms with van der Waals surface area (Å²) in [7, 11) is 2.09. The van der Waals surface area contributed by atoms with E-state index in [-0.39, 0.29) is 36.6 Å². The maximum absolute atomic E-state index is 12.4. The molecule has 3 rings (SSSR count). The zero-order valence-corrected chi connectivity index (χ0v) is 19.7. The van der Waals surface area contributed by atoms with Crippen LogP contribution in [0.25, 0.3) is 0 Å². The van der Waals surface area contributed by atoms with Crippen molar-refractivity contribution in [3.8, 4) is 0 Å². The Morgan fingerprint density at radius 2 is 1.67 bits per heavy atom. The highest BCUT2D eigenvalue weighted by Crippen LogP contribution is 2.24. The van der Waals surface area contributed by atoms with Crippen molar-refractivity contribution < 1.29 is 9.59 Å². The molecule has 0 radical (unpaired) electrons. The number of carbonyl (C=O) groups excluding carboxylic acids is 2. The second-order valence-electron chi connectivity index (χ2n) is 8.37. The number of hydrogen-bond donors (Lipinski definition) is 2. The summed E-state index contributed by atoms with van der Waals surface area (Å²) in [5.41, 5.74) is 1.79. The Hall–Kier alpha value is -1.34. The molecule has 1 unspecified atom stereocenters. The zero-order valence-electron chi connectivity index (χ0n) is 18.1. The second kappa shape index (κ2) is 13.2. The molecular weight excluding hydrogens is 423 g/mol. The zero-order chi connectivity index (χ0) is 19.9. The Bertz CT molecular complexity index is 658. The lowest BCUT2D eigenvalue weighted by molar-refractivity contribution is -0.132. The fourth-order valence-corrected chi connectivity index (χ4v) is 4.13. The van der Waals surface area contributed by atoms with Crippen LogP contribution in [-0.2, 0) is 16.0 Å². The third-order valence-corrected chi connectivity index (χ3v) is 6.14. The van der Waals surface area contributed by atoms with Crippen LogP contribution in [0.3, 0.4) is 0 Å². The lowest BCUT2D eigenvalue weighted by atomic mass is 9.84. The molecule has 0 aliphatic carbocycles. The second-order valence-corrected chi connectivity index (χ2v) is 8.37. The number of rotatable bonds is 6. The molecule has 2 heterocycles. The smallest absolute Gasteiger partial charge is 0.227 e. The van der Waals surface area contributed by atoms with Gasteiger partial charge in [-0.3, -0.25) is 9.59 Å². The first-order chi connectivity index (χ1) is 13.5. The summed E-state index contributed by atoms with van der Waals surface area (Å²) in [5.74, 6) is 1.30. The van der Waals surface area contributed by atoms with Gasteiger partial charge in [0.1, 0.15) is 0 Å². The van der Waals surface area contributed by atoms with Crippen LogP contribution in [0.2, 0.25) is 0 Å². The number of nitrogens with zero attached hydrogens (tertiary/aromatic N) is 2. The molecular formula is C22H36Cl2N4O2. The fourth-order valence-electron chi connectivity index (χ4n) is 4.13. The van der Waals surface area contributed by atoms with Crippen molar-refractivity contribution in [1.29, 1.82) is 0 Å². The minimum absolute atomic E-state index is 0. The van der Waals surface area contributed by atoms with Crippen molar-refractivity contribution in [2.24, 2.45) is 11.8 Å². The van der Waals surface area contributed by atoms with E-state index in [2.05, 4.69) is 29.5 Å². The molecule has 0 saturated carbocycles. The Morgan fingerprint density at radius 3 is 2.27 bits per heavy atom. The van der Waals surface area contributed by atoms with Crippen LogP contribution in [0, 0.1) is 11.8 Å². The van der Waals surface area contributed by atoms with E-state index in [9.17, 15) is 9.59 Å². The molecule has 6 nitrogen and oxygen atoms in total. The van der Waals surface area contributed by atoms with Gasteiger partial charge >= 0.3 is 0 Å². The Morgan fingerprint density at radius 1 is 1.07 bits per heavy atom. The lowest BCUT2D eigenvalue weighted by Gasteiger charge is -2.32. The summed E-state index contributed by atoms with van der Waals surface area (Å²) in [6.07, 6.45) is 3.30. The standard InChI is InChI=1S/C22H34N4O2.2ClH/c1-17(19-7-9-23-10-8-19)15-21(27)24-20-5-3-18(4-6-20)16-22(28)26-13-11-25(2)12-14-26;;/h3-6,17,19,23H,7-16H2,1-2H3,(H,24,27);2*1H. The van der Waals surface area contributed by atoms with Gasteiger partial charge in [-0.25, -0.2) is 0 Å². The molecule has 1 aromatic rings. The maximum Gasteiger partial charge on any atom is 0.227 e. The first-order valence-corrected chi connectivity index (χ1v) is 10.6. The quantitative estimate of drug-likeness (QED) is 0.687. The number of piperidine rings is 1. The highest BCUT2D eigenvalue weighted by atomic mass is 35.5. The molecule has 2 saturated heterocycles. The van der Waals surface area contributed by atoms with Crippen LogP contribution in [-0.4, -0.2) is 67.9 Å². The molecule has 30 heavy (non-hydrogen) atoms. The summed E-state index contributed by atoms with van der Waals surface area (Å²) in [4.78, 5) is 29.0. The van der Waals surface area contributed by atoms with E-state index in [1.54, 1.807) is 0 Å². The summed E-state index contributed by atoms with van der Waals surface area (Å²) in [6.45, 7) is 7.79. The van der Waals surface area contributed by atoms with Gasteiger partial charge < -0.3 is 20.4 Å². The maximum atomic E-state index is 12.4. The average molecular weight is 459 g/mol. The third-order valence-electron chi connectivity index (χ3n) is 6.14. The van der Waals surface area contributed by atoms with E-state index >= 15 is 0 Å². The van der Waals surface area contributed by atoms with E-state index < -0.39 is 0 Å². The van der Waals surface area contributed by atoms with Crippen molar-refractivity contribution in [3.63, 3.8) is 0 Å². The van der Waals surface area contributed by atoms with E-state index in [0.717, 1.165) is 63.4 Å².